The normalized spacial score (nSPS) is 12.5. The molecule has 0 N–H and O–H groups in total. The highest BCUT2D eigenvalue weighted by atomic mass is 16.2. The Balaban J connectivity index is 1.69. The van der Waals surface area contributed by atoms with Gasteiger partial charge in [-0.15, -0.1) is 0 Å². The fourth-order valence-electron chi connectivity index (χ4n) is 5.90. The molecule has 0 unspecified atom stereocenters. The number of benzene rings is 5. The molecule has 0 radical (unpaired) electrons. The van der Waals surface area contributed by atoms with E-state index < -0.39 is 0 Å². The van der Waals surface area contributed by atoms with Crippen LogP contribution in [0, 0.1) is 22.7 Å². The van der Waals surface area contributed by atoms with E-state index in [1.54, 1.807) is 24.3 Å². The first kappa shape index (κ1) is 24.1. The number of imide groups is 1. The quantitative estimate of drug-likeness (QED) is 0.229. The van der Waals surface area contributed by atoms with Gasteiger partial charge in [0.15, 0.2) is 0 Å². The van der Waals surface area contributed by atoms with E-state index >= 15 is 0 Å². The van der Waals surface area contributed by atoms with E-state index in [4.69, 9.17) is 0 Å². The van der Waals surface area contributed by atoms with Gasteiger partial charge in [0.05, 0.1) is 51.1 Å². The van der Waals surface area contributed by atoms with Crippen LogP contribution < -0.4 is 0 Å². The minimum absolute atomic E-state index is 0.337. The van der Waals surface area contributed by atoms with Crippen molar-refractivity contribution in [3.05, 3.63) is 125 Å². The molecule has 192 valence electrons. The lowest BCUT2D eigenvalue weighted by atomic mass is 9.99. The van der Waals surface area contributed by atoms with Gasteiger partial charge in [0.1, 0.15) is 0 Å². The standard InChI is InChI=1S/C35H20N4O2/c1-38-34(40)29-15-6-16-30(31(29)35(38)41)39-32-25(23-9-2-7-21(17-23)19-36)11-4-13-27(32)28-14-5-12-26(33(28)39)24-10-3-8-22(18-24)20-37/h2-18H,1H3. The molecule has 6 aromatic rings. The van der Waals surface area contributed by atoms with Gasteiger partial charge < -0.3 is 4.57 Å². The van der Waals surface area contributed by atoms with Crippen LogP contribution in [-0.2, 0) is 0 Å². The molecule has 41 heavy (non-hydrogen) atoms. The zero-order valence-corrected chi connectivity index (χ0v) is 21.9. The van der Waals surface area contributed by atoms with Crippen LogP contribution in [0.5, 0.6) is 0 Å². The summed E-state index contributed by atoms with van der Waals surface area (Å²) in [6, 6.07) is 36.8. The number of nitriles is 2. The number of para-hydroxylation sites is 2. The zero-order chi connectivity index (χ0) is 28.2. The zero-order valence-electron chi connectivity index (χ0n) is 21.9. The van der Waals surface area contributed by atoms with Crippen molar-refractivity contribution < 1.29 is 9.59 Å². The second-order valence-electron chi connectivity index (χ2n) is 9.99. The SMILES string of the molecule is CN1C(=O)c2cccc(-n3c4c(-c5cccc(C#N)c5)cccc4c4cccc(-c5cccc(C#N)c5)c43)c2C1=O. The van der Waals surface area contributed by atoms with Crippen molar-refractivity contribution in [2.24, 2.45) is 0 Å². The summed E-state index contributed by atoms with van der Waals surface area (Å²) in [5.41, 5.74) is 7.58. The number of carbonyl (C=O) groups excluding carboxylic acids is 2. The maximum Gasteiger partial charge on any atom is 0.263 e. The summed E-state index contributed by atoms with van der Waals surface area (Å²) in [5, 5.41) is 21.1. The molecule has 0 fully saturated rings. The summed E-state index contributed by atoms with van der Waals surface area (Å²) in [5.74, 6) is -0.694. The van der Waals surface area contributed by atoms with Gasteiger partial charge in [-0.25, -0.2) is 0 Å². The van der Waals surface area contributed by atoms with E-state index in [1.165, 1.54) is 7.05 Å². The van der Waals surface area contributed by atoms with Gasteiger partial charge in [0, 0.05) is 28.9 Å². The molecule has 2 heterocycles. The molecular weight excluding hydrogens is 508 g/mol. The van der Waals surface area contributed by atoms with Crippen LogP contribution in [0.25, 0.3) is 49.7 Å². The first-order chi connectivity index (χ1) is 20.0. The van der Waals surface area contributed by atoms with E-state index in [0.717, 1.165) is 49.0 Å². The number of rotatable bonds is 3. The van der Waals surface area contributed by atoms with Crippen molar-refractivity contribution >= 4 is 33.6 Å². The van der Waals surface area contributed by atoms with Crippen LogP contribution in [0.1, 0.15) is 31.8 Å². The molecule has 0 atom stereocenters. The lowest BCUT2D eigenvalue weighted by Crippen LogP contribution is -2.24. The highest BCUT2D eigenvalue weighted by Gasteiger charge is 2.36. The smallest absolute Gasteiger partial charge is 0.263 e. The topological polar surface area (TPSA) is 89.9 Å². The summed E-state index contributed by atoms with van der Waals surface area (Å²) in [6.45, 7) is 0. The molecule has 0 bridgehead atoms. The molecule has 1 aliphatic heterocycles. The first-order valence-corrected chi connectivity index (χ1v) is 13.0. The van der Waals surface area contributed by atoms with Crippen LogP contribution in [0.4, 0.5) is 0 Å². The Bertz CT molecular complexity index is 2080. The van der Waals surface area contributed by atoms with Gasteiger partial charge in [-0.3, -0.25) is 14.5 Å². The van der Waals surface area contributed by atoms with Crippen molar-refractivity contribution in [2.45, 2.75) is 0 Å². The molecule has 0 saturated carbocycles. The number of hydrogen-bond donors (Lipinski definition) is 0. The largest absolute Gasteiger partial charge is 0.307 e. The molecule has 2 amide bonds. The van der Waals surface area contributed by atoms with Crippen molar-refractivity contribution in [3.63, 3.8) is 0 Å². The molecule has 6 nitrogen and oxygen atoms in total. The highest BCUT2D eigenvalue weighted by molar-refractivity contribution is 6.24. The van der Waals surface area contributed by atoms with Crippen molar-refractivity contribution in [3.8, 4) is 40.1 Å². The maximum absolute atomic E-state index is 13.5. The average Bonchev–Trinajstić information content (AvgIpc) is 3.48. The highest BCUT2D eigenvalue weighted by Crippen LogP contribution is 2.43. The van der Waals surface area contributed by atoms with Gasteiger partial charge in [0.25, 0.3) is 11.8 Å². The average molecular weight is 529 g/mol. The molecular formula is C35H20N4O2. The Labute approximate surface area is 235 Å². The van der Waals surface area contributed by atoms with E-state index in [2.05, 4.69) is 16.7 Å². The second kappa shape index (κ2) is 9.05. The van der Waals surface area contributed by atoms with Crippen molar-refractivity contribution in [2.75, 3.05) is 7.05 Å². The van der Waals surface area contributed by atoms with Crippen LogP contribution in [-0.4, -0.2) is 28.3 Å². The molecule has 0 saturated heterocycles. The van der Waals surface area contributed by atoms with E-state index in [9.17, 15) is 20.1 Å². The van der Waals surface area contributed by atoms with Crippen LogP contribution in [0.15, 0.2) is 103 Å². The molecule has 5 aromatic carbocycles. The van der Waals surface area contributed by atoms with E-state index in [1.807, 2.05) is 78.9 Å². The summed E-state index contributed by atoms with van der Waals surface area (Å²) in [6.07, 6.45) is 0. The molecule has 0 spiro atoms. The Hall–Kier alpha value is -5.98. The lowest BCUT2D eigenvalue weighted by Gasteiger charge is -2.16. The number of hydrogen-bond acceptors (Lipinski definition) is 4. The molecule has 1 aliphatic rings. The Morgan fingerprint density at radius 2 is 1.07 bits per heavy atom. The van der Waals surface area contributed by atoms with Crippen molar-refractivity contribution in [1.29, 1.82) is 10.5 Å². The summed E-state index contributed by atoms with van der Waals surface area (Å²) >= 11 is 0. The Kier molecular flexibility index (Phi) is 5.32. The maximum atomic E-state index is 13.5. The third-order valence-corrected chi connectivity index (χ3v) is 7.75. The van der Waals surface area contributed by atoms with Gasteiger partial charge >= 0.3 is 0 Å². The van der Waals surface area contributed by atoms with Crippen LogP contribution >= 0.6 is 0 Å². The van der Waals surface area contributed by atoms with Crippen LogP contribution in [0.2, 0.25) is 0 Å². The monoisotopic (exact) mass is 528 g/mol. The number of aromatic nitrogens is 1. The minimum atomic E-state index is -0.358. The number of amides is 2. The summed E-state index contributed by atoms with van der Waals surface area (Å²) in [4.78, 5) is 27.6. The first-order valence-electron chi connectivity index (χ1n) is 13.0. The number of nitrogens with zero attached hydrogens (tertiary/aromatic N) is 4. The molecule has 0 aliphatic carbocycles. The molecule has 7 rings (SSSR count). The predicted molar refractivity (Wildman–Crippen MR) is 158 cm³/mol. The second-order valence-corrected chi connectivity index (χ2v) is 9.99. The fraction of sp³-hybridized carbons (Fsp3) is 0.0286. The van der Waals surface area contributed by atoms with Crippen LogP contribution in [0.3, 0.4) is 0 Å². The van der Waals surface area contributed by atoms with Crippen molar-refractivity contribution in [1.82, 2.24) is 9.47 Å². The van der Waals surface area contributed by atoms with E-state index in [0.29, 0.717) is 27.9 Å². The van der Waals surface area contributed by atoms with Gasteiger partial charge in [-0.05, 0) is 47.5 Å². The third kappa shape index (κ3) is 3.49. The summed E-state index contributed by atoms with van der Waals surface area (Å²) < 4.78 is 2.07. The molecule has 6 heteroatoms. The lowest BCUT2D eigenvalue weighted by molar-refractivity contribution is 0.0693. The fourth-order valence-corrected chi connectivity index (χ4v) is 5.90. The number of carbonyl (C=O) groups is 2. The van der Waals surface area contributed by atoms with Gasteiger partial charge in [-0.2, -0.15) is 10.5 Å². The molecule has 1 aromatic heterocycles. The predicted octanol–water partition coefficient (Wildman–Crippen LogP) is 7.09. The third-order valence-electron chi connectivity index (χ3n) is 7.75. The van der Waals surface area contributed by atoms with Gasteiger partial charge in [-0.1, -0.05) is 66.7 Å². The Morgan fingerprint density at radius 1 is 0.585 bits per heavy atom. The van der Waals surface area contributed by atoms with Gasteiger partial charge in [0.2, 0.25) is 0 Å². The van der Waals surface area contributed by atoms with E-state index in [-0.39, 0.29) is 11.8 Å². The number of fused-ring (bicyclic) bond motifs is 4. The minimum Gasteiger partial charge on any atom is -0.307 e. The summed E-state index contributed by atoms with van der Waals surface area (Å²) in [7, 11) is 1.50. The Morgan fingerprint density at radius 3 is 1.61 bits per heavy atom.